The van der Waals surface area contributed by atoms with Crippen molar-refractivity contribution in [1.82, 2.24) is 14.3 Å². The molecular formula is C24H37BF3N3O3S. The molecular weight excluding hydrogens is 478 g/mol. The van der Waals surface area contributed by atoms with Gasteiger partial charge in [-0.15, -0.1) is 4.72 Å². The Morgan fingerprint density at radius 2 is 1.60 bits per heavy atom. The van der Waals surface area contributed by atoms with Crippen molar-refractivity contribution in [2.45, 2.75) is 104 Å². The Morgan fingerprint density at radius 3 is 2.06 bits per heavy atom. The van der Waals surface area contributed by atoms with Gasteiger partial charge in [-0.3, -0.25) is 0 Å². The zero-order valence-corrected chi connectivity index (χ0v) is 23.1. The van der Waals surface area contributed by atoms with Crippen LogP contribution >= 0.6 is 0 Å². The van der Waals surface area contributed by atoms with Crippen molar-refractivity contribution in [1.29, 1.82) is 0 Å². The first-order valence-corrected chi connectivity index (χ1v) is 12.9. The van der Waals surface area contributed by atoms with E-state index in [0.29, 0.717) is 23.2 Å². The van der Waals surface area contributed by atoms with E-state index in [9.17, 15) is 17.7 Å². The van der Waals surface area contributed by atoms with Gasteiger partial charge in [-0.25, -0.2) is 4.98 Å². The zero-order chi connectivity index (χ0) is 26.8. The Hall–Kier alpha value is -1.27. The van der Waals surface area contributed by atoms with Gasteiger partial charge in [0.2, 0.25) is 0 Å². The Kier molecular flexibility index (Phi) is 7.23. The van der Waals surface area contributed by atoms with Gasteiger partial charge in [-0.1, -0.05) is 20.8 Å². The van der Waals surface area contributed by atoms with Crippen molar-refractivity contribution >= 4 is 35.1 Å². The zero-order valence-electron chi connectivity index (χ0n) is 22.3. The maximum atomic E-state index is 14.3. The quantitative estimate of drug-likeness (QED) is 0.447. The maximum Gasteiger partial charge on any atom is 0.514 e. The maximum absolute atomic E-state index is 14.3. The van der Waals surface area contributed by atoms with E-state index in [-0.39, 0.29) is 11.0 Å². The molecule has 11 heteroatoms. The van der Waals surface area contributed by atoms with Gasteiger partial charge >= 0.3 is 13.3 Å². The first kappa shape index (κ1) is 28.3. The monoisotopic (exact) mass is 515 g/mol. The number of nitrogens with one attached hydrogen (secondary N) is 1. The molecule has 1 aliphatic heterocycles. The summed E-state index contributed by atoms with van der Waals surface area (Å²) in [5.41, 5.74) is -0.488. The fourth-order valence-electron chi connectivity index (χ4n) is 3.75. The molecule has 196 valence electrons. The summed E-state index contributed by atoms with van der Waals surface area (Å²) in [6, 6.07) is 1.15. The molecule has 1 fully saturated rings. The van der Waals surface area contributed by atoms with Crippen LogP contribution in [0.5, 0.6) is 0 Å². The molecule has 0 aromatic carbocycles. The highest BCUT2D eigenvalue weighted by Crippen LogP contribution is 2.40. The van der Waals surface area contributed by atoms with E-state index in [0.717, 1.165) is 0 Å². The van der Waals surface area contributed by atoms with Crippen LogP contribution in [0.1, 0.15) is 80.8 Å². The van der Waals surface area contributed by atoms with Crippen LogP contribution in [0.2, 0.25) is 0 Å². The average Bonchev–Trinajstić information content (AvgIpc) is 3.09. The lowest BCUT2D eigenvalue weighted by atomic mass is 9.84. The molecule has 0 saturated carbocycles. The third kappa shape index (κ3) is 6.01. The molecule has 0 aliphatic carbocycles. The van der Waals surface area contributed by atoms with Crippen LogP contribution in [0.25, 0.3) is 11.0 Å². The van der Waals surface area contributed by atoms with E-state index in [4.69, 9.17) is 14.3 Å². The van der Waals surface area contributed by atoms with Gasteiger partial charge in [0.05, 0.1) is 16.8 Å². The number of aromatic nitrogens is 2. The predicted octanol–water partition coefficient (Wildman–Crippen LogP) is 5.04. The highest BCUT2D eigenvalue weighted by Gasteiger charge is 2.53. The van der Waals surface area contributed by atoms with E-state index in [1.807, 2.05) is 48.5 Å². The third-order valence-corrected chi connectivity index (χ3v) is 7.90. The first-order chi connectivity index (χ1) is 15.6. The third-order valence-electron chi connectivity index (χ3n) is 6.33. The second-order valence-corrected chi connectivity index (χ2v) is 14.4. The van der Waals surface area contributed by atoms with Crippen LogP contribution in [0, 0.1) is 5.41 Å². The number of fused-ring (bicyclic) bond motifs is 1. The lowest BCUT2D eigenvalue weighted by molar-refractivity contribution is -0.152. The summed E-state index contributed by atoms with van der Waals surface area (Å²) in [5.74, 6) is 0. The summed E-state index contributed by atoms with van der Waals surface area (Å²) in [6.07, 6.45) is -3.19. The molecule has 1 aliphatic rings. The minimum absolute atomic E-state index is 0.0117. The van der Waals surface area contributed by atoms with Gasteiger partial charge in [-0.05, 0) is 66.0 Å². The summed E-state index contributed by atoms with van der Waals surface area (Å²) in [4.78, 5) is 4.73. The molecule has 1 N–H and O–H groups in total. The van der Waals surface area contributed by atoms with Gasteiger partial charge in [-0.2, -0.15) is 13.2 Å². The van der Waals surface area contributed by atoms with Gasteiger partial charge in [0.1, 0.15) is 10.4 Å². The molecule has 0 bridgehead atoms. The average molecular weight is 515 g/mol. The number of hydrogen-bond donors (Lipinski definition) is 1. The normalized spacial score (nSPS) is 20.5. The highest BCUT2D eigenvalue weighted by molar-refractivity contribution is 7.90. The molecule has 3 heterocycles. The van der Waals surface area contributed by atoms with Gasteiger partial charge in [0.15, 0.2) is 6.04 Å². The number of rotatable bonds is 5. The Bertz CT molecular complexity index is 1060. The minimum Gasteiger partial charge on any atom is -0.598 e. The van der Waals surface area contributed by atoms with E-state index in [2.05, 4.69) is 4.72 Å². The number of alkyl halides is 3. The first-order valence-electron chi connectivity index (χ1n) is 11.7. The topological polar surface area (TPSA) is 71.4 Å². The van der Waals surface area contributed by atoms with Crippen molar-refractivity contribution in [3.63, 3.8) is 0 Å². The van der Waals surface area contributed by atoms with Crippen LogP contribution in [-0.2, 0) is 27.2 Å². The number of hydrogen-bond acceptors (Lipinski definition) is 5. The van der Waals surface area contributed by atoms with Crippen LogP contribution in [0.3, 0.4) is 0 Å². The number of pyridine rings is 1. The SMILES string of the molecule is CC(C)(C)Cn1cc(C(N[S+]([O-])C(C)(C)C)C(F)(F)F)c2ccc(B3OC(C)(C)C(C)(C)O3)nc21. The Balaban J connectivity index is 2.14. The van der Waals surface area contributed by atoms with E-state index >= 15 is 0 Å². The van der Waals surface area contributed by atoms with Crippen molar-refractivity contribution in [3.05, 3.63) is 23.9 Å². The molecule has 0 radical (unpaired) electrons. The number of halogens is 3. The molecule has 6 nitrogen and oxygen atoms in total. The van der Waals surface area contributed by atoms with Crippen LogP contribution in [0.15, 0.2) is 18.3 Å². The van der Waals surface area contributed by atoms with Gasteiger partial charge in [0.25, 0.3) is 0 Å². The standard InChI is InChI=1S/C24H37BF3N3O3S/c1-20(2,3)14-31-13-16(18(24(26,27)28)30-35(32)21(4,5)6)15-11-12-17(29-19(15)31)25-33-22(7,8)23(9,10)34-25/h11-13,18,30H,14H2,1-10H3. The van der Waals surface area contributed by atoms with Crippen LogP contribution in [0.4, 0.5) is 13.2 Å². The highest BCUT2D eigenvalue weighted by atomic mass is 32.2. The molecule has 0 spiro atoms. The minimum atomic E-state index is -4.66. The second kappa shape index (κ2) is 8.94. The summed E-state index contributed by atoms with van der Waals surface area (Å²) in [6.45, 7) is 19.1. The van der Waals surface area contributed by atoms with Gasteiger partial charge < -0.3 is 18.4 Å². The lowest BCUT2D eigenvalue weighted by Gasteiger charge is -2.32. The molecule has 3 rings (SSSR count). The van der Waals surface area contributed by atoms with Crippen molar-refractivity contribution in [2.75, 3.05) is 0 Å². The molecule has 2 aromatic heterocycles. The molecule has 0 amide bonds. The van der Waals surface area contributed by atoms with Crippen molar-refractivity contribution < 1.29 is 27.0 Å². The number of nitrogens with zero attached hydrogens (tertiary/aromatic N) is 2. The van der Waals surface area contributed by atoms with Crippen molar-refractivity contribution in [3.8, 4) is 0 Å². The Labute approximate surface area is 209 Å². The molecule has 35 heavy (non-hydrogen) atoms. The van der Waals surface area contributed by atoms with Crippen LogP contribution < -0.4 is 10.3 Å². The van der Waals surface area contributed by atoms with Gasteiger partial charge in [0, 0.05) is 35.1 Å². The molecule has 2 unspecified atom stereocenters. The molecule has 2 atom stereocenters. The summed E-state index contributed by atoms with van der Waals surface area (Å²) in [7, 11) is -0.740. The fourth-order valence-corrected chi connectivity index (χ4v) is 4.58. The Morgan fingerprint density at radius 1 is 1.06 bits per heavy atom. The smallest absolute Gasteiger partial charge is 0.514 e. The summed E-state index contributed by atoms with van der Waals surface area (Å²) < 4.78 is 70.9. The molecule has 1 saturated heterocycles. The lowest BCUT2D eigenvalue weighted by Crippen LogP contribution is -2.45. The summed E-state index contributed by atoms with van der Waals surface area (Å²) in [5, 5.41) is 0.343. The predicted molar refractivity (Wildman–Crippen MR) is 135 cm³/mol. The van der Waals surface area contributed by atoms with E-state index in [1.165, 1.54) is 6.20 Å². The molecule has 2 aromatic rings. The fraction of sp³-hybridized carbons (Fsp3) is 0.708. The van der Waals surface area contributed by atoms with Crippen LogP contribution in [-0.4, -0.2) is 43.3 Å². The van der Waals surface area contributed by atoms with Crippen molar-refractivity contribution in [2.24, 2.45) is 5.41 Å². The summed E-state index contributed by atoms with van der Waals surface area (Å²) >= 11 is -1.93. The van der Waals surface area contributed by atoms with E-state index < -0.39 is 46.6 Å². The van der Waals surface area contributed by atoms with E-state index in [1.54, 1.807) is 37.5 Å². The second-order valence-electron chi connectivity index (χ2n) is 12.4. The largest absolute Gasteiger partial charge is 0.598 e.